The van der Waals surface area contributed by atoms with Crippen molar-refractivity contribution in [1.82, 2.24) is 4.98 Å². The first-order valence-electron chi connectivity index (χ1n) is 7.34. The Kier molecular flexibility index (Phi) is 4.06. The number of aliphatic hydroxyl groups is 1. The van der Waals surface area contributed by atoms with E-state index in [1.807, 2.05) is 24.3 Å². The van der Waals surface area contributed by atoms with E-state index in [9.17, 15) is 9.90 Å². The van der Waals surface area contributed by atoms with E-state index in [4.69, 9.17) is 4.74 Å². The van der Waals surface area contributed by atoms with Crippen LogP contribution in [0.1, 0.15) is 34.5 Å². The number of nitrogens with one attached hydrogen (secondary N) is 1. The van der Waals surface area contributed by atoms with Crippen LogP contribution in [0.15, 0.2) is 42.6 Å². The number of ether oxygens (including phenoxy) is 1. The molecule has 22 heavy (non-hydrogen) atoms. The molecule has 1 aliphatic carbocycles. The van der Waals surface area contributed by atoms with Crippen LogP contribution in [0.2, 0.25) is 0 Å². The molecule has 3 rings (SSSR count). The Hall–Kier alpha value is -2.40. The van der Waals surface area contributed by atoms with Gasteiger partial charge in [-0.3, -0.25) is 0 Å². The Morgan fingerprint density at radius 2 is 2.18 bits per heavy atom. The molecule has 1 aliphatic rings. The number of carbonyl (C=O) groups excluding carboxylic acids is 1. The van der Waals surface area contributed by atoms with Gasteiger partial charge in [-0.2, -0.15) is 0 Å². The van der Waals surface area contributed by atoms with Crippen LogP contribution in [0.25, 0.3) is 0 Å². The van der Waals surface area contributed by atoms with Gasteiger partial charge in [-0.1, -0.05) is 24.3 Å². The lowest BCUT2D eigenvalue weighted by Gasteiger charge is -2.18. The maximum Gasteiger partial charge on any atom is 0.339 e. The molecule has 0 saturated carbocycles. The zero-order chi connectivity index (χ0) is 15.5. The molecule has 0 radical (unpaired) electrons. The number of benzene rings is 1. The molecule has 2 N–H and O–H groups in total. The molecular formula is C17H18N2O3. The van der Waals surface area contributed by atoms with Crippen molar-refractivity contribution in [2.45, 2.75) is 25.5 Å². The summed E-state index contributed by atoms with van der Waals surface area (Å²) >= 11 is 0. The van der Waals surface area contributed by atoms with Crippen LogP contribution in [0.5, 0.6) is 0 Å². The Morgan fingerprint density at radius 3 is 2.91 bits per heavy atom. The van der Waals surface area contributed by atoms with Gasteiger partial charge in [-0.05, 0) is 30.2 Å². The topological polar surface area (TPSA) is 71.5 Å². The first-order chi connectivity index (χ1) is 10.7. The maximum absolute atomic E-state index is 11.6. The van der Waals surface area contributed by atoms with Crippen molar-refractivity contribution in [1.29, 1.82) is 0 Å². The number of pyridine rings is 1. The van der Waals surface area contributed by atoms with Crippen LogP contribution < -0.4 is 5.32 Å². The third-order valence-electron chi connectivity index (χ3n) is 3.78. The summed E-state index contributed by atoms with van der Waals surface area (Å²) in [4.78, 5) is 15.8. The fourth-order valence-electron chi connectivity index (χ4n) is 2.72. The Labute approximate surface area is 129 Å². The summed E-state index contributed by atoms with van der Waals surface area (Å²) in [5.74, 6) is 0.238. The van der Waals surface area contributed by atoms with Crippen molar-refractivity contribution in [3.8, 4) is 0 Å². The van der Waals surface area contributed by atoms with Crippen LogP contribution in [-0.2, 0) is 11.2 Å². The van der Waals surface area contributed by atoms with Gasteiger partial charge in [0.2, 0.25) is 0 Å². The highest BCUT2D eigenvalue weighted by Gasteiger charge is 2.30. The maximum atomic E-state index is 11.6. The molecule has 0 amide bonds. The monoisotopic (exact) mass is 298 g/mol. The number of nitrogens with zero attached hydrogens (tertiary/aromatic N) is 1. The fraction of sp³-hybridized carbons (Fsp3) is 0.294. The van der Waals surface area contributed by atoms with E-state index in [2.05, 4.69) is 10.3 Å². The summed E-state index contributed by atoms with van der Waals surface area (Å²) in [6.07, 6.45) is 1.63. The minimum atomic E-state index is -0.482. The second-order valence-corrected chi connectivity index (χ2v) is 5.24. The molecule has 1 aromatic heterocycles. The lowest BCUT2D eigenvalue weighted by molar-refractivity contribution is 0.0526. The van der Waals surface area contributed by atoms with Gasteiger partial charge >= 0.3 is 5.97 Å². The molecule has 5 heteroatoms. The summed E-state index contributed by atoms with van der Waals surface area (Å²) in [7, 11) is 0. The molecule has 0 aliphatic heterocycles. The summed E-state index contributed by atoms with van der Waals surface area (Å²) in [6.45, 7) is 2.10. The molecule has 1 heterocycles. The predicted molar refractivity (Wildman–Crippen MR) is 82.7 cm³/mol. The average Bonchev–Trinajstić information content (AvgIpc) is 2.84. The van der Waals surface area contributed by atoms with Crippen LogP contribution in [0.3, 0.4) is 0 Å². The van der Waals surface area contributed by atoms with Gasteiger partial charge in [-0.25, -0.2) is 9.78 Å². The number of aromatic nitrogens is 1. The fourth-order valence-corrected chi connectivity index (χ4v) is 2.72. The molecular weight excluding hydrogens is 280 g/mol. The predicted octanol–water partition coefficient (Wildman–Crippen LogP) is 2.33. The molecule has 5 nitrogen and oxygen atoms in total. The Bertz CT molecular complexity index is 670. The smallest absolute Gasteiger partial charge is 0.339 e. The minimum Gasteiger partial charge on any atom is -0.462 e. The van der Waals surface area contributed by atoms with Crippen molar-refractivity contribution >= 4 is 11.8 Å². The minimum absolute atomic E-state index is 0.183. The first-order valence-corrected chi connectivity index (χ1v) is 7.34. The lowest BCUT2D eigenvalue weighted by atomic mass is 10.1. The molecule has 0 spiro atoms. The quantitative estimate of drug-likeness (QED) is 0.848. The molecule has 0 bridgehead atoms. The van der Waals surface area contributed by atoms with Gasteiger partial charge in [0.05, 0.1) is 24.3 Å². The zero-order valence-electron chi connectivity index (χ0n) is 12.3. The number of hydrogen-bond donors (Lipinski definition) is 2. The van der Waals surface area contributed by atoms with Gasteiger partial charge < -0.3 is 15.2 Å². The van der Waals surface area contributed by atoms with Crippen molar-refractivity contribution in [3.63, 3.8) is 0 Å². The first kappa shape index (κ1) is 14.5. The number of hydrogen-bond acceptors (Lipinski definition) is 5. The van der Waals surface area contributed by atoms with Crippen molar-refractivity contribution < 1.29 is 14.6 Å². The molecule has 0 unspecified atom stereocenters. The number of fused-ring (bicyclic) bond motifs is 1. The zero-order valence-corrected chi connectivity index (χ0v) is 12.3. The number of carbonyl (C=O) groups is 1. The van der Waals surface area contributed by atoms with Crippen LogP contribution in [-0.4, -0.2) is 28.8 Å². The standard InChI is InChI=1S/C17H18N2O3/c1-2-22-17(21)12-7-8-15(18-10-12)19-16-13-6-4-3-5-11(13)9-14(16)20/h3-8,10,14,16,20H,2,9H2,1H3,(H,18,19)/t14-,16+/m1/s1. The van der Waals surface area contributed by atoms with Crippen LogP contribution in [0, 0.1) is 0 Å². The number of esters is 1. The Morgan fingerprint density at radius 1 is 1.36 bits per heavy atom. The van der Waals surface area contributed by atoms with Gasteiger partial charge in [0, 0.05) is 12.6 Å². The summed E-state index contributed by atoms with van der Waals surface area (Å²) in [5.41, 5.74) is 2.65. The molecule has 2 aromatic rings. The van der Waals surface area contributed by atoms with E-state index in [0.29, 0.717) is 24.4 Å². The second-order valence-electron chi connectivity index (χ2n) is 5.24. The molecule has 2 atom stereocenters. The third-order valence-corrected chi connectivity index (χ3v) is 3.78. The molecule has 114 valence electrons. The summed E-state index contributed by atoms with van der Waals surface area (Å²) in [5, 5.41) is 13.5. The van der Waals surface area contributed by atoms with E-state index in [1.54, 1.807) is 19.1 Å². The van der Waals surface area contributed by atoms with Crippen LogP contribution in [0.4, 0.5) is 5.82 Å². The average molecular weight is 298 g/mol. The normalized spacial score (nSPS) is 19.5. The van der Waals surface area contributed by atoms with Gasteiger partial charge in [-0.15, -0.1) is 0 Å². The SMILES string of the molecule is CCOC(=O)c1ccc(N[C@H]2c3ccccc3C[C@H]2O)nc1. The van der Waals surface area contributed by atoms with E-state index in [-0.39, 0.29) is 12.0 Å². The summed E-state index contributed by atoms with van der Waals surface area (Å²) < 4.78 is 4.93. The van der Waals surface area contributed by atoms with Gasteiger partial charge in [0.15, 0.2) is 0 Å². The highest BCUT2D eigenvalue weighted by molar-refractivity contribution is 5.89. The molecule has 0 fully saturated rings. The second kappa shape index (κ2) is 6.15. The number of anilines is 1. The number of aliphatic hydroxyl groups excluding tert-OH is 1. The largest absolute Gasteiger partial charge is 0.462 e. The van der Waals surface area contributed by atoms with E-state index >= 15 is 0 Å². The van der Waals surface area contributed by atoms with E-state index < -0.39 is 6.10 Å². The third kappa shape index (κ3) is 2.80. The van der Waals surface area contributed by atoms with E-state index in [0.717, 1.165) is 11.1 Å². The van der Waals surface area contributed by atoms with Crippen molar-refractivity contribution in [3.05, 3.63) is 59.3 Å². The Balaban J connectivity index is 1.75. The highest BCUT2D eigenvalue weighted by Crippen LogP contribution is 2.33. The van der Waals surface area contributed by atoms with E-state index in [1.165, 1.54) is 6.20 Å². The molecule has 0 saturated heterocycles. The van der Waals surface area contributed by atoms with Crippen LogP contribution >= 0.6 is 0 Å². The van der Waals surface area contributed by atoms with Gasteiger partial charge in [0.1, 0.15) is 5.82 Å². The molecule has 1 aromatic carbocycles. The highest BCUT2D eigenvalue weighted by atomic mass is 16.5. The van der Waals surface area contributed by atoms with Crippen molar-refractivity contribution in [2.75, 3.05) is 11.9 Å². The van der Waals surface area contributed by atoms with Gasteiger partial charge in [0.25, 0.3) is 0 Å². The number of rotatable bonds is 4. The van der Waals surface area contributed by atoms with Crippen molar-refractivity contribution in [2.24, 2.45) is 0 Å². The summed E-state index contributed by atoms with van der Waals surface area (Å²) in [6, 6.07) is 11.2. The lowest BCUT2D eigenvalue weighted by Crippen LogP contribution is -2.21.